The largest absolute Gasteiger partial charge is 0.382 e. The van der Waals surface area contributed by atoms with Gasteiger partial charge >= 0.3 is 0 Å². The third-order valence-corrected chi connectivity index (χ3v) is 3.64. The van der Waals surface area contributed by atoms with Gasteiger partial charge in [0.2, 0.25) is 0 Å². The van der Waals surface area contributed by atoms with E-state index in [1.54, 1.807) is 7.05 Å². The molecule has 1 rings (SSSR count). The molecule has 0 atom stereocenters. The number of hydrogen-bond acceptors (Lipinski definition) is 4. The van der Waals surface area contributed by atoms with Crippen molar-refractivity contribution in [2.24, 2.45) is 10.9 Å². The van der Waals surface area contributed by atoms with E-state index in [-0.39, 0.29) is 0 Å². The summed E-state index contributed by atoms with van der Waals surface area (Å²) in [6.45, 7) is 8.78. The van der Waals surface area contributed by atoms with Crippen LogP contribution in [0.15, 0.2) is 4.99 Å². The van der Waals surface area contributed by atoms with Crippen molar-refractivity contribution in [2.45, 2.75) is 32.6 Å². The highest BCUT2D eigenvalue weighted by molar-refractivity contribution is 5.79. The predicted octanol–water partition coefficient (Wildman–Crippen LogP) is 1.41. The Balaban J connectivity index is 1.90. The summed E-state index contributed by atoms with van der Waals surface area (Å²) in [6.07, 6.45) is 4.25. The SMILES string of the molecule is CCOCCCNC(=NC)NCCCOCC1CCOCC1. The van der Waals surface area contributed by atoms with Crippen molar-refractivity contribution in [3.05, 3.63) is 0 Å². The molecule has 1 fully saturated rings. The number of hydrogen-bond donors (Lipinski definition) is 2. The maximum Gasteiger partial charge on any atom is 0.190 e. The van der Waals surface area contributed by atoms with Crippen molar-refractivity contribution < 1.29 is 14.2 Å². The highest BCUT2D eigenvalue weighted by Gasteiger charge is 2.13. The summed E-state index contributed by atoms with van der Waals surface area (Å²) in [5.74, 6) is 1.53. The molecule has 0 saturated carbocycles. The van der Waals surface area contributed by atoms with Gasteiger partial charge in [0.1, 0.15) is 0 Å². The van der Waals surface area contributed by atoms with E-state index in [2.05, 4.69) is 15.6 Å². The van der Waals surface area contributed by atoms with Crippen LogP contribution in [0.4, 0.5) is 0 Å². The first-order valence-corrected chi connectivity index (χ1v) is 8.54. The molecule has 0 bridgehead atoms. The lowest BCUT2D eigenvalue weighted by Gasteiger charge is -2.21. The number of ether oxygens (including phenoxy) is 3. The molecule has 0 aliphatic carbocycles. The highest BCUT2D eigenvalue weighted by Crippen LogP contribution is 2.14. The fourth-order valence-electron chi connectivity index (χ4n) is 2.29. The molecule has 0 spiro atoms. The van der Waals surface area contributed by atoms with Gasteiger partial charge in [-0.3, -0.25) is 4.99 Å². The van der Waals surface area contributed by atoms with E-state index in [1.807, 2.05) is 6.92 Å². The second-order valence-electron chi connectivity index (χ2n) is 5.46. The van der Waals surface area contributed by atoms with E-state index >= 15 is 0 Å². The molecule has 22 heavy (non-hydrogen) atoms. The van der Waals surface area contributed by atoms with E-state index in [9.17, 15) is 0 Å². The monoisotopic (exact) mass is 315 g/mol. The molecular weight excluding hydrogens is 282 g/mol. The Morgan fingerprint density at radius 1 is 1.09 bits per heavy atom. The summed E-state index contributed by atoms with van der Waals surface area (Å²) in [5, 5.41) is 6.57. The van der Waals surface area contributed by atoms with Gasteiger partial charge < -0.3 is 24.8 Å². The zero-order valence-electron chi connectivity index (χ0n) is 14.2. The minimum Gasteiger partial charge on any atom is -0.382 e. The molecule has 1 aliphatic heterocycles. The van der Waals surface area contributed by atoms with Gasteiger partial charge in [-0.05, 0) is 38.5 Å². The number of rotatable bonds is 11. The Labute approximate surface area is 135 Å². The molecule has 0 unspecified atom stereocenters. The van der Waals surface area contributed by atoms with Gasteiger partial charge in [-0.1, -0.05) is 0 Å². The summed E-state index contributed by atoms with van der Waals surface area (Å²) >= 11 is 0. The van der Waals surface area contributed by atoms with Crippen LogP contribution in [0, 0.1) is 5.92 Å². The van der Waals surface area contributed by atoms with Crippen LogP contribution in [0.5, 0.6) is 0 Å². The summed E-state index contributed by atoms with van der Waals surface area (Å²) in [5.41, 5.74) is 0. The van der Waals surface area contributed by atoms with Crippen LogP contribution in [0.3, 0.4) is 0 Å². The van der Waals surface area contributed by atoms with Gasteiger partial charge in [-0.15, -0.1) is 0 Å². The minimum absolute atomic E-state index is 0.682. The maximum absolute atomic E-state index is 5.74. The summed E-state index contributed by atoms with van der Waals surface area (Å²) in [7, 11) is 1.79. The van der Waals surface area contributed by atoms with Crippen LogP contribution in [0.1, 0.15) is 32.6 Å². The van der Waals surface area contributed by atoms with E-state index in [1.165, 1.54) is 0 Å². The fraction of sp³-hybridized carbons (Fsp3) is 0.938. The molecule has 6 heteroatoms. The van der Waals surface area contributed by atoms with Crippen LogP contribution < -0.4 is 10.6 Å². The van der Waals surface area contributed by atoms with Crippen LogP contribution in [-0.2, 0) is 14.2 Å². The molecule has 6 nitrogen and oxygen atoms in total. The summed E-state index contributed by atoms with van der Waals surface area (Å²) in [4.78, 5) is 4.20. The zero-order chi connectivity index (χ0) is 15.9. The van der Waals surface area contributed by atoms with Crippen molar-refractivity contribution in [3.8, 4) is 0 Å². The van der Waals surface area contributed by atoms with E-state index in [0.717, 1.165) is 84.4 Å². The number of nitrogens with one attached hydrogen (secondary N) is 2. The molecule has 0 aromatic rings. The Kier molecular flexibility index (Phi) is 12.0. The smallest absolute Gasteiger partial charge is 0.190 e. The lowest BCUT2D eigenvalue weighted by atomic mass is 10.0. The molecule has 1 aliphatic rings. The molecule has 0 aromatic carbocycles. The van der Waals surface area contributed by atoms with Gasteiger partial charge in [-0.2, -0.15) is 0 Å². The second kappa shape index (κ2) is 13.8. The fourth-order valence-corrected chi connectivity index (χ4v) is 2.29. The van der Waals surface area contributed by atoms with Crippen molar-refractivity contribution in [1.82, 2.24) is 10.6 Å². The van der Waals surface area contributed by atoms with Gasteiger partial charge in [0, 0.05) is 59.8 Å². The molecular formula is C16H33N3O3. The van der Waals surface area contributed by atoms with E-state index in [4.69, 9.17) is 14.2 Å². The minimum atomic E-state index is 0.682. The topological polar surface area (TPSA) is 64.1 Å². The third-order valence-electron chi connectivity index (χ3n) is 3.64. The molecule has 1 heterocycles. The quantitative estimate of drug-likeness (QED) is 0.343. The lowest BCUT2D eigenvalue weighted by molar-refractivity contribution is 0.0203. The normalized spacial score (nSPS) is 16.7. The number of guanidine groups is 1. The first-order chi connectivity index (χ1) is 10.9. The molecule has 130 valence electrons. The van der Waals surface area contributed by atoms with Gasteiger partial charge in [-0.25, -0.2) is 0 Å². The molecule has 0 aromatic heterocycles. The zero-order valence-corrected chi connectivity index (χ0v) is 14.2. The molecule has 2 N–H and O–H groups in total. The van der Waals surface area contributed by atoms with Crippen molar-refractivity contribution >= 4 is 5.96 Å². The molecule has 0 amide bonds. The van der Waals surface area contributed by atoms with Crippen LogP contribution in [0.2, 0.25) is 0 Å². The first kappa shape index (κ1) is 19.2. The van der Waals surface area contributed by atoms with E-state index < -0.39 is 0 Å². The summed E-state index contributed by atoms with van der Waals surface area (Å²) in [6, 6.07) is 0. The number of nitrogens with zero attached hydrogens (tertiary/aromatic N) is 1. The third kappa shape index (κ3) is 9.97. The van der Waals surface area contributed by atoms with Crippen LogP contribution in [0.25, 0.3) is 0 Å². The van der Waals surface area contributed by atoms with Crippen molar-refractivity contribution in [3.63, 3.8) is 0 Å². The summed E-state index contributed by atoms with van der Waals surface area (Å²) < 4.78 is 16.4. The van der Waals surface area contributed by atoms with Gasteiger partial charge in [0.15, 0.2) is 5.96 Å². The van der Waals surface area contributed by atoms with Gasteiger partial charge in [0.05, 0.1) is 0 Å². The lowest BCUT2D eigenvalue weighted by Crippen LogP contribution is -2.38. The molecule has 1 saturated heterocycles. The Morgan fingerprint density at radius 2 is 1.73 bits per heavy atom. The molecule has 0 radical (unpaired) electrons. The average molecular weight is 315 g/mol. The average Bonchev–Trinajstić information content (AvgIpc) is 2.56. The standard InChI is InChI=1S/C16H33N3O3/c1-3-20-10-4-8-18-16(17-2)19-9-5-11-22-14-15-6-12-21-13-7-15/h15H,3-14H2,1-2H3,(H2,17,18,19). The Bertz CT molecular complexity index is 282. The number of aliphatic imine (C=N–C) groups is 1. The van der Waals surface area contributed by atoms with E-state index in [0.29, 0.717) is 5.92 Å². The van der Waals surface area contributed by atoms with Gasteiger partial charge in [0.25, 0.3) is 0 Å². The van der Waals surface area contributed by atoms with Crippen molar-refractivity contribution in [1.29, 1.82) is 0 Å². The van der Waals surface area contributed by atoms with Crippen LogP contribution in [-0.4, -0.2) is 65.7 Å². The Morgan fingerprint density at radius 3 is 2.32 bits per heavy atom. The van der Waals surface area contributed by atoms with Crippen molar-refractivity contribution in [2.75, 3.05) is 59.8 Å². The first-order valence-electron chi connectivity index (χ1n) is 8.54. The predicted molar refractivity (Wildman–Crippen MR) is 89.5 cm³/mol. The Hall–Kier alpha value is -0.850. The second-order valence-corrected chi connectivity index (χ2v) is 5.46. The maximum atomic E-state index is 5.74. The highest BCUT2D eigenvalue weighted by atomic mass is 16.5. The van der Waals surface area contributed by atoms with Crippen LogP contribution >= 0.6 is 0 Å².